The number of fused-ring (bicyclic) bond motifs is 5. The Morgan fingerprint density at radius 1 is 1.23 bits per heavy atom. The van der Waals surface area contributed by atoms with E-state index in [0.717, 1.165) is 90.7 Å². The summed E-state index contributed by atoms with van der Waals surface area (Å²) in [5.74, 6) is 3.19. The van der Waals surface area contributed by atoms with Crippen LogP contribution in [0, 0.1) is 0 Å². The number of pyridine rings is 2. The molecule has 3 aliphatic rings. The second kappa shape index (κ2) is 11.9. The SMILES string of the molecule is [B]c1cc2c3nc1C1=C(P)CCC=C1CCCOc1ccnc(C(C)C)c1N3C(=C)N=C2N(CCC)C(C)CC. The van der Waals surface area contributed by atoms with Crippen LogP contribution in [-0.2, 0) is 0 Å². The molecule has 2 unspecified atom stereocenters. The highest BCUT2D eigenvalue weighted by Crippen LogP contribution is 2.46. The van der Waals surface area contributed by atoms with Crippen LogP contribution in [-0.4, -0.2) is 47.7 Å². The minimum Gasteiger partial charge on any atom is -0.491 e. The Morgan fingerprint density at radius 3 is 2.75 bits per heavy atom. The second-order valence-electron chi connectivity index (χ2n) is 11.3. The average molecular weight is 554 g/mol. The average Bonchev–Trinajstić information content (AvgIpc) is 2.93. The topological polar surface area (TPSA) is 53.9 Å². The van der Waals surface area contributed by atoms with Crippen molar-refractivity contribution < 1.29 is 4.74 Å². The van der Waals surface area contributed by atoms with Gasteiger partial charge in [-0.3, -0.25) is 9.88 Å². The van der Waals surface area contributed by atoms with E-state index in [-0.39, 0.29) is 5.92 Å². The summed E-state index contributed by atoms with van der Waals surface area (Å²) in [4.78, 5) is 19.8. The number of hydrogen-bond donors (Lipinski definition) is 0. The number of aromatic nitrogens is 2. The van der Waals surface area contributed by atoms with Crippen LogP contribution in [0.4, 0.5) is 11.5 Å². The molecule has 0 saturated carbocycles. The van der Waals surface area contributed by atoms with E-state index in [4.69, 9.17) is 27.5 Å². The maximum Gasteiger partial charge on any atom is 0.150 e. The predicted molar refractivity (Wildman–Crippen MR) is 171 cm³/mol. The third-order valence-electron chi connectivity index (χ3n) is 8.05. The number of ether oxygens (including phenoxy) is 1. The van der Waals surface area contributed by atoms with E-state index in [1.165, 1.54) is 10.9 Å². The minimum absolute atomic E-state index is 0.160. The van der Waals surface area contributed by atoms with Crippen LogP contribution in [0.1, 0.15) is 96.0 Å². The lowest BCUT2D eigenvalue weighted by Crippen LogP contribution is -2.43. The summed E-state index contributed by atoms with van der Waals surface area (Å²) in [7, 11) is 9.86. The fourth-order valence-electron chi connectivity index (χ4n) is 5.89. The van der Waals surface area contributed by atoms with Gasteiger partial charge in [-0.1, -0.05) is 51.9 Å². The van der Waals surface area contributed by atoms with Crippen LogP contribution in [0.15, 0.2) is 52.7 Å². The normalized spacial score (nSPS) is 17.7. The van der Waals surface area contributed by atoms with Crippen molar-refractivity contribution in [2.45, 2.75) is 85.1 Å². The molecule has 0 spiro atoms. The van der Waals surface area contributed by atoms with Gasteiger partial charge in [0.15, 0.2) is 5.82 Å². The lowest BCUT2D eigenvalue weighted by Gasteiger charge is -2.39. The Morgan fingerprint density at radius 2 is 2.02 bits per heavy atom. The Bertz CT molecular complexity index is 1410. The number of anilines is 2. The van der Waals surface area contributed by atoms with Gasteiger partial charge in [0.05, 0.1) is 23.6 Å². The van der Waals surface area contributed by atoms with Crippen molar-refractivity contribution in [2.75, 3.05) is 18.1 Å². The Hall–Kier alpha value is -2.92. The number of hydrogen-bond acceptors (Lipinski definition) is 6. The molecule has 2 bridgehead atoms. The lowest BCUT2D eigenvalue weighted by atomic mass is 9.83. The van der Waals surface area contributed by atoms with Gasteiger partial charge in [-0.05, 0) is 62.3 Å². The van der Waals surface area contributed by atoms with Crippen molar-refractivity contribution in [3.05, 3.63) is 64.6 Å². The van der Waals surface area contributed by atoms with Crippen LogP contribution in [0.3, 0.4) is 0 Å². The molecule has 0 amide bonds. The molecule has 2 aromatic heterocycles. The number of aliphatic imine (C=N–C) groups is 1. The lowest BCUT2D eigenvalue weighted by molar-refractivity contribution is 0.311. The van der Waals surface area contributed by atoms with Crippen molar-refractivity contribution in [3.8, 4) is 5.75 Å². The molecule has 0 fully saturated rings. The van der Waals surface area contributed by atoms with Gasteiger partial charge in [0.2, 0.25) is 0 Å². The van der Waals surface area contributed by atoms with Gasteiger partial charge in [0.1, 0.15) is 30.9 Å². The first-order valence-corrected chi connectivity index (χ1v) is 15.3. The molecule has 40 heavy (non-hydrogen) atoms. The quantitative estimate of drug-likeness (QED) is 0.303. The van der Waals surface area contributed by atoms with Crippen molar-refractivity contribution in [1.29, 1.82) is 0 Å². The summed E-state index contributed by atoms with van der Waals surface area (Å²) in [6.07, 6.45) is 9.98. The third-order valence-corrected chi connectivity index (χ3v) is 8.63. The Balaban J connectivity index is 1.84. The number of nitrogens with zero attached hydrogens (tertiary/aromatic N) is 5. The van der Waals surface area contributed by atoms with Crippen LogP contribution in [0.5, 0.6) is 5.75 Å². The van der Waals surface area contributed by atoms with Crippen molar-refractivity contribution in [2.24, 2.45) is 4.99 Å². The van der Waals surface area contributed by atoms with Crippen LogP contribution < -0.4 is 15.1 Å². The highest BCUT2D eigenvalue weighted by atomic mass is 31.0. The highest BCUT2D eigenvalue weighted by molar-refractivity contribution is 7.23. The Labute approximate surface area is 243 Å². The van der Waals surface area contributed by atoms with E-state index in [1.807, 2.05) is 12.3 Å². The van der Waals surface area contributed by atoms with Gasteiger partial charge >= 0.3 is 0 Å². The van der Waals surface area contributed by atoms with E-state index >= 15 is 0 Å². The zero-order valence-corrected chi connectivity index (χ0v) is 25.8. The third kappa shape index (κ3) is 5.14. The summed E-state index contributed by atoms with van der Waals surface area (Å²) in [5.41, 5.74) is 6.64. The first-order chi connectivity index (χ1) is 19.3. The fraction of sp³-hybridized carbons (Fsp3) is 0.469. The smallest absolute Gasteiger partial charge is 0.150 e. The maximum atomic E-state index is 6.90. The molecule has 1 aliphatic carbocycles. The molecule has 0 aromatic carbocycles. The summed E-state index contributed by atoms with van der Waals surface area (Å²) >= 11 is 0. The highest BCUT2D eigenvalue weighted by Gasteiger charge is 2.35. The summed E-state index contributed by atoms with van der Waals surface area (Å²) in [5, 5.41) is 1.25. The van der Waals surface area contributed by atoms with E-state index in [0.29, 0.717) is 23.9 Å². The first kappa shape index (κ1) is 28.6. The van der Waals surface area contributed by atoms with E-state index in [2.05, 4.69) is 72.4 Å². The molecule has 2 aromatic rings. The summed E-state index contributed by atoms with van der Waals surface area (Å²) in [6.45, 7) is 16.9. The minimum atomic E-state index is 0.160. The molecule has 2 radical (unpaired) electrons. The van der Waals surface area contributed by atoms with Crippen LogP contribution >= 0.6 is 9.24 Å². The molecule has 5 rings (SSSR count). The molecular formula is C32H41BN5OP. The molecular weight excluding hydrogens is 512 g/mol. The molecule has 2 aliphatic heterocycles. The largest absolute Gasteiger partial charge is 0.491 e. The van der Waals surface area contributed by atoms with Crippen molar-refractivity contribution in [3.63, 3.8) is 0 Å². The van der Waals surface area contributed by atoms with E-state index in [9.17, 15) is 0 Å². The maximum absolute atomic E-state index is 6.90. The van der Waals surface area contributed by atoms with Crippen molar-refractivity contribution >= 4 is 45.5 Å². The zero-order valence-electron chi connectivity index (χ0n) is 24.6. The molecule has 8 heteroatoms. The Kier molecular flexibility index (Phi) is 8.51. The van der Waals surface area contributed by atoms with Crippen LogP contribution in [0.25, 0.3) is 5.57 Å². The molecule has 4 heterocycles. The van der Waals surface area contributed by atoms with Gasteiger partial charge in [0.25, 0.3) is 0 Å². The second-order valence-corrected chi connectivity index (χ2v) is 11.9. The first-order valence-electron chi connectivity index (χ1n) is 14.7. The zero-order chi connectivity index (χ0) is 28.6. The molecule has 0 saturated heterocycles. The number of allylic oxidation sites excluding steroid dienone is 4. The fourth-order valence-corrected chi connectivity index (χ4v) is 6.37. The predicted octanol–water partition coefficient (Wildman–Crippen LogP) is 6.75. The monoisotopic (exact) mass is 553 g/mol. The number of amidine groups is 1. The van der Waals surface area contributed by atoms with Crippen LogP contribution in [0.2, 0.25) is 0 Å². The van der Waals surface area contributed by atoms with E-state index in [1.54, 1.807) is 0 Å². The van der Waals surface area contributed by atoms with Gasteiger partial charge < -0.3 is 9.64 Å². The molecule has 6 nitrogen and oxygen atoms in total. The summed E-state index contributed by atoms with van der Waals surface area (Å²) < 4.78 is 6.48. The van der Waals surface area contributed by atoms with Gasteiger partial charge in [-0.2, -0.15) is 0 Å². The summed E-state index contributed by atoms with van der Waals surface area (Å²) in [6, 6.07) is 4.33. The molecule has 208 valence electrons. The standard InChI is InChI=1S/C32H41BN5OP/c1-7-16-37(20(5)8-2)31-23-18-24(33)29-27-22(11-9-13-26(27)40)12-10-17-39-25-14-15-34-28(19(3)4)30(25)38(21(6)35-31)32(23)36-29/h11,14-15,18-20H,6-10,12-13,16-17,40H2,1-5H3. The number of rotatable bonds is 5. The van der Waals surface area contributed by atoms with Gasteiger partial charge in [-0.15, -0.1) is 9.24 Å². The molecule has 2 atom stereocenters. The van der Waals surface area contributed by atoms with E-state index < -0.39 is 0 Å². The van der Waals surface area contributed by atoms with Gasteiger partial charge in [-0.25, -0.2) is 9.98 Å². The van der Waals surface area contributed by atoms with Gasteiger partial charge in [0, 0.05) is 30.4 Å². The van der Waals surface area contributed by atoms with Crippen molar-refractivity contribution in [1.82, 2.24) is 14.9 Å². The molecule has 0 N–H and O–H groups in total.